The topological polar surface area (TPSA) is 49.4 Å². The molecule has 0 spiro atoms. The highest BCUT2D eigenvalue weighted by Gasteiger charge is 2.31. The highest BCUT2D eigenvalue weighted by Crippen LogP contribution is 2.28. The summed E-state index contributed by atoms with van der Waals surface area (Å²) < 4.78 is 0. The average molecular weight is 564 g/mol. The summed E-state index contributed by atoms with van der Waals surface area (Å²) in [6, 6.07) is 21.8. The average Bonchev–Trinajstić information content (AvgIpc) is 2.86. The van der Waals surface area contributed by atoms with Crippen molar-refractivity contribution < 1.29 is 9.59 Å². The molecule has 0 aromatic heterocycles. The van der Waals surface area contributed by atoms with Crippen molar-refractivity contribution in [3.63, 3.8) is 0 Å². The van der Waals surface area contributed by atoms with Gasteiger partial charge in [-0.15, -0.1) is 11.8 Å². The Morgan fingerprint density at radius 3 is 2.25 bits per heavy atom. The Balaban J connectivity index is 1.88. The van der Waals surface area contributed by atoms with Crippen LogP contribution in [0.3, 0.4) is 0 Å². The number of carbonyl (C=O) groups is 2. The van der Waals surface area contributed by atoms with Gasteiger partial charge in [0.05, 0.1) is 5.75 Å². The first-order valence-electron chi connectivity index (χ1n) is 11.7. The molecule has 3 aromatic carbocycles. The minimum absolute atomic E-state index is 0.131. The van der Waals surface area contributed by atoms with Gasteiger partial charge in [0.15, 0.2) is 0 Å². The predicted molar refractivity (Wildman–Crippen MR) is 152 cm³/mol. The Bertz CT molecular complexity index is 1140. The number of hydrogen-bond donors (Lipinski definition) is 1. The maximum atomic E-state index is 13.7. The number of rotatable bonds is 12. The van der Waals surface area contributed by atoms with E-state index in [9.17, 15) is 9.59 Å². The van der Waals surface area contributed by atoms with Gasteiger partial charge in [-0.3, -0.25) is 9.59 Å². The monoisotopic (exact) mass is 562 g/mol. The molecule has 3 aromatic rings. The molecule has 36 heavy (non-hydrogen) atoms. The standard InChI is InChI=1S/C28H29Cl3N2O2S/c1-2-14-32-28(35)26(16-20-8-4-3-5-9-20)33(17-23-24(30)12-7-13-25(23)31)27(34)19-36-18-21-10-6-11-22(29)15-21/h3-13,15,26H,2,14,16-19H2,1H3,(H,32,35)/t26-/m0/s1. The van der Waals surface area contributed by atoms with E-state index in [4.69, 9.17) is 34.8 Å². The first-order chi connectivity index (χ1) is 17.4. The zero-order chi connectivity index (χ0) is 25.9. The summed E-state index contributed by atoms with van der Waals surface area (Å²) in [6.07, 6.45) is 1.17. The van der Waals surface area contributed by atoms with Gasteiger partial charge in [0.2, 0.25) is 11.8 Å². The second kappa shape index (κ2) is 14.5. The van der Waals surface area contributed by atoms with Crippen molar-refractivity contribution in [3.8, 4) is 0 Å². The highest BCUT2D eigenvalue weighted by atomic mass is 35.5. The van der Waals surface area contributed by atoms with Crippen molar-refractivity contribution >= 4 is 58.4 Å². The summed E-state index contributed by atoms with van der Waals surface area (Å²) in [5, 5.41) is 4.54. The van der Waals surface area contributed by atoms with Gasteiger partial charge in [-0.2, -0.15) is 0 Å². The number of carbonyl (C=O) groups excluding carboxylic acids is 2. The van der Waals surface area contributed by atoms with Crippen LogP contribution in [-0.4, -0.2) is 35.1 Å². The van der Waals surface area contributed by atoms with Crippen LogP contribution in [0.5, 0.6) is 0 Å². The van der Waals surface area contributed by atoms with Crippen molar-refractivity contribution in [2.24, 2.45) is 0 Å². The molecule has 0 aliphatic carbocycles. The Hall–Kier alpha value is -2.18. The van der Waals surface area contributed by atoms with Gasteiger partial charge in [0.25, 0.3) is 0 Å². The van der Waals surface area contributed by atoms with Crippen molar-refractivity contribution in [2.75, 3.05) is 12.3 Å². The second-order valence-electron chi connectivity index (χ2n) is 8.34. The van der Waals surface area contributed by atoms with E-state index in [1.54, 1.807) is 23.1 Å². The predicted octanol–water partition coefficient (Wildman–Crippen LogP) is 7.05. The maximum absolute atomic E-state index is 13.7. The van der Waals surface area contributed by atoms with E-state index in [1.807, 2.05) is 61.5 Å². The van der Waals surface area contributed by atoms with E-state index < -0.39 is 6.04 Å². The summed E-state index contributed by atoms with van der Waals surface area (Å²) >= 11 is 20.5. The van der Waals surface area contributed by atoms with E-state index in [1.165, 1.54) is 11.8 Å². The molecule has 0 saturated heterocycles. The quantitative estimate of drug-likeness (QED) is 0.257. The first kappa shape index (κ1) is 28.4. The fourth-order valence-corrected chi connectivity index (χ4v) is 5.33. The van der Waals surface area contributed by atoms with Crippen LogP contribution in [-0.2, 0) is 28.3 Å². The van der Waals surface area contributed by atoms with Gasteiger partial charge in [-0.05, 0) is 41.8 Å². The normalized spacial score (nSPS) is 11.7. The molecule has 1 N–H and O–H groups in total. The van der Waals surface area contributed by atoms with Crippen LogP contribution in [0.1, 0.15) is 30.0 Å². The third kappa shape index (κ3) is 8.45. The molecule has 3 rings (SSSR count). The van der Waals surface area contributed by atoms with E-state index in [0.717, 1.165) is 17.5 Å². The molecule has 2 amide bonds. The van der Waals surface area contributed by atoms with Crippen LogP contribution >= 0.6 is 46.6 Å². The summed E-state index contributed by atoms with van der Waals surface area (Å²) in [5.74, 6) is 0.460. The minimum Gasteiger partial charge on any atom is -0.354 e. The highest BCUT2D eigenvalue weighted by molar-refractivity contribution is 7.99. The van der Waals surface area contributed by atoms with Gasteiger partial charge in [-0.1, -0.05) is 90.3 Å². The van der Waals surface area contributed by atoms with Crippen LogP contribution < -0.4 is 5.32 Å². The fourth-order valence-electron chi connectivity index (χ4n) is 3.74. The number of halogens is 3. The van der Waals surface area contributed by atoms with E-state index >= 15 is 0 Å². The van der Waals surface area contributed by atoms with Gasteiger partial charge in [0.1, 0.15) is 6.04 Å². The Morgan fingerprint density at radius 2 is 1.58 bits per heavy atom. The molecule has 0 saturated carbocycles. The van der Waals surface area contributed by atoms with Crippen molar-refractivity contribution in [3.05, 3.63) is 105 Å². The lowest BCUT2D eigenvalue weighted by Crippen LogP contribution is -2.51. The zero-order valence-corrected chi connectivity index (χ0v) is 23.1. The third-order valence-electron chi connectivity index (χ3n) is 5.59. The van der Waals surface area contributed by atoms with Gasteiger partial charge in [0, 0.05) is 45.9 Å². The Morgan fingerprint density at radius 1 is 0.917 bits per heavy atom. The smallest absolute Gasteiger partial charge is 0.243 e. The first-order valence-corrected chi connectivity index (χ1v) is 14.0. The van der Waals surface area contributed by atoms with Gasteiger partial charge >= 0.3 is 0 Å². The van der Waals surface area contributed by atoms with Crippen molar-refractivity contribution in [2.45, 2.75) is 38.1 Å². The molecule has 0 radical (unpaired) electrons. The number of nitrogens with one attached hydrogen (secondary N) is 1. The lowest BCUT2D eigenvalue weighted by molar-refractivity contribution is -0.139. The van der Waals surface area contributed by atoms with Gasteiger partial charge in [-0.25, -0.2) is 0 Å². The number of benzene rings is 3. The summed E-state index contributed by atoms with van der Waals surface area (Å²) in [5.41, 5.74) is 2.61. The minimum atomic E-state index is -0.717. The molecule has 1 atom stereocenters. The van der Waals surface area contributed by atoms with Crippen LogP contribution in [0, 0.1) is 0 Å². The zero-order valence-electron chi connectivity index (χ0n) is 20.1. The molecule has 0 heterocycles. The largest absolute Gasteiger partial charge is 0.354 e. The van der Waals surface area contributed by atoms with E-state index in [0.29, 0.717) is 39.3 Å². The van der Waals surface area contributed by atoms with Crippen molar-refractivity contribution in [1.82, 2.24) is 10.2 Å². The van der Waals surface area contributed by atoms with E-state index in [-0.39, 0.29) is 24.1 Å². The number of nitrogens with zero attached hydrogens (tertiary/aromatic N) is 1. The molecule has 0 fully saturated rings. The van der Waals surface area contributed by atoms with Crippen molar-refractivity contribution in [1.29, 1.82) is 0 Å². The van der Waals surface area contributed by atoms with Crippen LogP contribution in [0.2, 0.25) is 15.1 Å². The lowest BCUT2D eigenvalue weighted by atomic mass is 10.0. The number of thioether (sulfide) groups is 1. The second-order valence-corrected chi connectivity index (χ2v) is 10.6. The molecule has 190 valence electrons. The molecular formula is C28H29Cl3N2O2S. The molecule has 0 aliphatic heterocycles. The molecule has 0 bridgehead atoms. The summed E-state index contributed by atoms with van der Waals surface area (Å²) in [6.45, 7) is 2.65. The number of hydrogen-bond acceptors (Lipinski definition) is 3. The molecule has 0 aliphatic rings. The molecule has 0 unspecified atom stereocenters. The van der Waals surface area contributed by atoms with Crippen LogP contribution in [0.25, 0.3) is 0 Å². The van der Waals surface area contributed by atoms with Crippen LogP contribution in [0.15, 0.2) is 72.8 Å². The molecule has 4 nitrogen and oxygen atoms in total. The van der Waals surface area contributed by atoms with E-state index in [2.05, 4.69) is 5.32 Å². The fraction of sp³-hybridized carbons (Fsp3) is 0.286. The Labute approximate surface area is 232 Å². The number of amides is 2. The van der Waals surface area contributed by atoms with Crippen LogP contribution in [0.4, 0.5) is 0 Å². The lowest BCUT2D eigenvalue weighted by Gasteiger charge is -2.32. The van der Waals surface area contributed by atoms with Gasteiger partial charge < -0.3 is 10.2 Å². The molecule has 8 heteroatoms. The maximum Gasteiger partial charge on any atom is 0.243 e. The summed E-state index contributed by atoms with van der Waals surface area (Å²) in [4.78, 5) is 28.6. The molecular weight excluding hydrogens is 535 g/mol. The Kier molecular flexibility index (Phi) is 11.5. The summed E-state index contributed by atoms with van der Waals surface area (Å²) in [7, 11) is 0. The SMILES string of the molecule is CCCNC(=O)[C@H](Cc1ccccc1)N(Cc1c(Cl)cccc1Cl)C(=O)CSCc1cccc(Cl)c1. The third-order valence-corrected chi connectivity index (χ3v) is 7.53.